The third kappa shape index (κ3) is 2.68. The predicted octanol–water partition coefficient (Wildman–Crippen LogP) is 5.00. The first-order chi connectivity index (χ1) is 8.52. The average molecular weight is 254 g/mol. The molecule has 0 radical (unpaired) electrons. The lowest BCUT2D eigenvalue weighted by molar-refractivity contribution is 0.590. The number of thiocarbonyl (C=S) groups is 1. The van der Waals surface area contributed by atoms with Crippen molar-refractivity contribution in [1.82, 2.24) is 0 Å². The van der Waals surface area contributed by atoms with Gasteiger partial charge in [0.2, 0.25) is 0 Å². The van der Waals surface area contributed by atoms with Crippen LogP contribution in [0.25, 0.3) is 11.1 Å². The van der Waals surface area contributed by atoms with Gasteiger partial charge in [-0.15, -0.1) is 0 Å². The second-order valence-corrected chi connectivity index (χ2v) is 5.77. The summed E-state index contributed by atoms with van der Waals surface area (Å²) in [4.78, 5) is 0. The molecule has 1 heteroatoms. The Labute approximate surface area is 115 Å². The van der Waals surface area contributed by atoms with E-state index in [0.29, 0.717) is 0 Å². The van der Waals surface area contributed by atoms with Crippen LogP contribution in [0, 0.1) is 0 Å². The molecule has 0 heterocycles. The van der Waals surface area contributed by atoms with Crippen LogP contribution in [0.5, 0.6) is 0 Å². The molecule has 0 spiro atoms. The molecule has 0 unspecified atom stereocenters. The summed E-state index contributed by atoms with van der Waals surface area (Å²) in [6.45, 7) is 6.69. The van der Waals surface area contributed by atoms with Crippen molar-refractivity contribution in [2.24, 2.45) is 0 Å². The van der Waals surface area contributed by atoms with Crippen molar-refractivity contribution in [1.29, 1.82) is 0 Å². The summed E-state index contributed by atoms with van der Waals surface area (Å²) in [5, 5.41) is 1.74. The summed E-state index contributed by atoms with van der Waals surface area (Å²) in [7, 11) is 0. The van der Waals surface area contributed by atoms with E-state index in [1.165, 1.54) is 16.7 Å². The molecule has 0 atom stereocenters. The SMILES string of the molecule is CC(C)(C)c1ccc(-c2ccccc2C=S)cc1. The normalized spacial score (nSPS) is 11.3. The maximum absolute atomic E-state index is 5.07. The standard InChI is InChI=1S/C17H18S/c1-17(2,3)15-10-8-13(9-11-15)16-7-5-4-6-14(16)12-18/h4-12H,1-3H3. The van der Waals surface area contributed by atoms with Crippen LogP contribution < -0.4 is 0 Å². The van der Waals surface area contributed by atoms with Crippen LogP contribution in [0.1, 0.15) is 31.9 Å². The van der Waals surface area contributed by atoms with E-state index in [-0.39, 0.29) is 5.41 Å². The smallest absolute Gasteiger partial charge is 0.00923 e. The van der Waals surface area contributed by atoms with Crippen molar-refractivity contribution in [3.05, 3.63) is 59.7 Å². The summed E-state index contributed by atoms with van der Waals surface area (Å²) in [6.07, 6.45) is 0. The van der Waals surface area contributed by atoms with E-state index in [2.05, 4.69) is 63.2 Å². The lowest BCUT2D eigenvalue weighted by atomic mass is 9.86. The number of rotatable bonds is 2. The third-order valence-electron chi connectivity index (χ3n) is 3.15. The highest BCUT2D eigenvalue weighted by atomic mass is 32.1. The summed E-state index contributed by atoms with van der Waals surface area (Å²) in [5.41, 5.74) is 5.08. The molecule has 0 aliphatic rings. The Bertz CT molecular complexity index is 545. The van der Waals surface area contributed by atoms with Gasteiger partial charge < -0.3 is 0 Å². The molecule has 0 saturated carbocycles. The molecule has 0 nitrogen and oxygen atoms in total. The Morgan fingerprint density at radius 2 is 1.50 bits per heavy atom. The van der Waals surface area contributed by atoms with Crippen LogP contribution in [0.4, 0.5) is 0 Å². The number of benzene rings is 2. The van der Waals surface area contributed by atoms with Crippen LogP contribution in [-0.4, -0.2) is 5.37 Å². The maximum atomic E-state index is 5.07. The molecule has 0 saturated heterocycles. The summed E-state index contributed by atoms with van der Waals surface area (Å²) in [5.74, 6) is 0. The highest BCUT2D eigenvalue weighted by Gasteiger charge is 2.13. The minimum Gasteiger partial charge on any atom is -0.0881 e. The van der Waals surface area contributed by atoms with Crippen molar-refractivity contribution in [3.63, 3.8) is 0 Å². The van der Waals surface area contributed by atoms with Crippen LogP contribution >= 0.6 is 12.2 Å². The Kier molecular flexibility index (Phi) is 3.63. The fourth-order valence-corrected chi connectivity index (χ4v) is 2.22. The van der Waals surface area contributed by atoms with Gasteiger partial charge in [0.25, 0.3) is 0 Å². The molecular formula is C17H18S. The van der Waals surface area contributed by atoms with Gasteiger partial charge in [-0.1, -0.05) is 81.5 Å². The van der Waals surface area contributed by atoms with Crippen LogP contribution in [0.2, 0.25) is 0 Å². The van der Waals surface area contributed by atoms with Gasteiger partial charge in [-0.05, 0) is 27.7 Å². The topological polar surface area (TPSA) is 0 Å². The van der Waals surface area contributed by atoms with Gasteiger partial charge in [0.1, 0.15) is 0 Å². The molecule has 0 fully saturated rings. The van der Waals surface area contributed by atoms with Gasteiger partial charge in [-0.25, -0.2) is 0 Å². The van der Waals surface area contributed by atoms with E-state index in [0.717, 1.165) is 5.56 Å². The van der Waals surface area contributed by atoms with E-state index in [9.17, 15) is 0 Å². The van der Waals surface area contributed by atoms with Crippen molar-refractivity contribution in [3.8, 4) is 11.1 Å². The average Bonchev–Trinajstić information content (AvgIpc) is 2.38. The van der Waals surface area contributed by atoms with Crippen molar-refractivity contribution >= 4 is 17.6 Å². The first-order valence-corrected chi connectivity index (χ1v) is 6.64. The third-order valence-corrected chi connectivity index (χ3v) is 3.40. The fraction of sp³-hybridized carbons (Fsp3) is 0.235. The van der Waals surface area contributed by atoms with Gasteiger partial charge in [-0.3, -0.25) is 0 Å². The van der Waals surface area contributed by atoms with E-state index < -0.39 is 0 Å². The molecule has 0 aromatic heterocycles. The van der Waals surface area contributed by atoms with E-state index in [4.69, 9.17) is 12.2 Å². The van der Waals surface area contributed by atoms with Crippen molar-refractivity contribution < 1.29 is 0 Å². The van der Waals surface area contributed by atoms with E-state index >= 15 is 0 Å². The molecule has 2 rings (SSSR count). The lowest BCUT2D eigenvalue weighted by Crippen LogP contribution is -2.10. The Hall–Kier alpha value is -1.47. The maximum Gasteiger partial charge on any atom is 0.00923 e. The molecule has 92 valence electrons. The summed E-state index contributed by atoms with van der Waals surface area (Å²) < 4.78 is 0. The minimum absolute atomic E-state index is 0.197. The lowest BCUT2D eigenvalue weighted by Gasteiger charge is -2.19. The molecule has 0 aliphatic heterocycles. The molecular weight excluding hydrogens is 236 g/mol. The first kappa shape index (κ1) is 13.0. The molecule has 0 bridgehead atoms. The molecule has 2 aromatic carbocycles. The number of hydrogen-bond acceptors (Lipinski definition) is 1. The zero-order valence-corrected chi connectivity index (χ0v) is 11.9. The Balaban J connectivity index is 2.44. The first-order valence-electron chi connectivity index (χ1n) is 6.17. The molecule has 2 aromatic rings. The van der Waals surface area contributed by atoms with Crippen LogP contribution in [0.3, 0.4) is 0 Å². The zero-order valence-electron chi connectivity index (χ0n) is 11.1. The summed E-state index contributed by atoms with van der Waals surface area (Å²) in [6, 6.07) is 17.0. The molecule has 0 N–H and O–H groups in total. The van der Waals surface area contributed by atoms with Gasteiger partial charge >= 0.3 is 0 Å². The van der Waals surface area contributed by atoms with E-state index in [1.54, 1.807) is 5.37 Å². The predicted molar refractivity (Wildman–Crippen MR) is 83.3 cm³/mol. The fourth-order valence-electron chi connectivity index (χ4n) is 2.01. The van der Waals surface area contributed by atoms with Crippen molar-refractivity contribution in [2.45, 2.75) is 26.2 Å². The summed E-state index contributed by atoms with van der Waals surface area (Å²) >= 11 is 5.07. The van der Waals surface area contributed by atoms with Crippen molar-refractivity contribution in [2.75, 3.05) is 0 Å². The minimum atomic E-state index is 0.197. The van der Waals surface area contributed by atoms with Gasteiger partial charge in [-0.2, -0.15) is 0 Å². The van der Waals surface area contributed by atoms with E-state index in [1.807, 2.05) is 6.07 Å². The highest BCUT2D eigenvalue weighted by Crippen LogP contribution is 2.27. The molecule has 0 amide bonds. The molecule has 0 aliphatic carbocycles. The quantitative estimate of drug-likeness (QED) is 0.680. The second-order valence-electron chi connectivity index (χ2n) is 5.53. The largest absolute Gasteiger partial charge is 0.0881 e. The molecule has 18 heavy (non-hydrogen) atoms. The monoisotopic (exact) mass is 254 g/mol. The highest BCUT2D eigenvalue weighted by molar-refractivity contribution is 7.79. The van der Waals surface area contributed by atoms with Gasteiger partial charge in [0.15, 0.2) is 0 Å². The Morgan fingerprint density at radius 1 is 0.889 bits per heavy atom. The second kappa shape index (κ2) is 5.03. The Morgan fingerprint density at radius 3 is 2.06 bits per heavy atom. The van der Waals surface area contributed by atoms with Crippen LogP contribution in [-0.2, 0) is 5.41 Å². The van der Waals surface area contributed by atoms with Crippen LogP contribution in [0.15, 0.2) is 48.5 Å². The van der Waals surface area contributed by atoms with Gasteiger partial charge in [0, 0.05) is 5.37 Å². The number of hydrogen-bond donors (Lipinski definition) is 0. The zero-order chi connectivity index (χ0) is 13.2. The van der Waals surface area contributed by atoms with Gasteiger partial charge in [0.05, 0.1) is 0 Å².